The van der Waals surface area contributed by atoms with E-state index in [9.17, 15) is 24.0 Å². The molecule has 11 nitrogen and oxygen atoms in total. The number of imide groups is 1. The number of amides is 3. The van der Waals surface area contributed by atoms with E-state index in [2.05, 4.69) is 135 Å². The van der Waals surface area contributed by atoms with E-state index in [4.69, 9.17) is 9.57 Å². The van der Waals surface area contributed by atoms with Crippen LogP contribution >= 0.6 is 0 Å². The van der Waals surface area contributed by atoms with E-state index < -0.39 is 23.8 Å². The summed E-state index contributed by atoms with van der Waals surface area (Å²) in [4.78, 5) is 68.0. The second kappa shape index (κ2) is 20.2. The predicted octanol–water partition coefficient (Wildman–Crippen LogP) is 8.09. The first kappa shape index (κ1) is 45.7. The van der Waals surface area contributed by atoms with Crippen molar-refractivity contribution in [2.75, 3.05) is 31.7 Å². The number of nitrogens with one attached hydrogen (secondary N) is 1. The Bertz CT molecular complexity index is 2110. The van der Waals surface area contributed by atoms with Gasteiger partial charge in [-0.05, 0) is 84.1 Å². The number of ketones is 1. The molecule has 1 unspecified atom stereocenters. The zero-order valence-electron chi connectivity index (χ0n) is 36.8. The van der Waals surface area contributed by atoms with Crippen LogP contribution in [-0.2, 0) is 44.4 Å². The topological polar surface area (TPSA) is 125 Å². The number of hydroxylamine groups is 2. The monoisotopic (exact) mass is 819 g/mol. The molecule has 60 heavy (non-hydrogen) atoms. The Morgan fingerprint density at radius 1 is 0.833 bits per heavy atom. The van der Waals surface area contributed by atoms with Crippen molar-refractivity contribution in [2.24, 2.45) is 0 Å². The van der Waals surface area contributed by atoms with Crippen molar-refractivity contribution in [3.63, 3.8) is 0 Å². The van der Waals surface area contributed by atoms with Gasteiger partial charge in [0.15, 0.2) is 18.0 Å². The number of unbranched alkanes of at least 4 members (excludes halogenated alkanes) is 2. The van der Waals surface area contributed by atoms with Gasteiger partial charge in [0.2, 0.25) is 11.6 Å². The average molecular weight is 820 g/mol. The first-order valence-electron chi connectivity index (χ1n) is 21.3. The number of carbonyl (C=O) groups excluding carboxylic acids is 5. The largest absolute Gasteiger partial charge is 0.378 e. The van der Waals surface area contributed by atoms with Gasteiger partial charge < -0.3 is 19.8 Å². The van der Waals surface area contributed by atoms with Crippen LogP contribution in [-0.4, -0.2) is 77.7 Å². The minimum Gasteiger partial charge on any atom is -0.378 e. The van der Waals surface area contributed by atoms with Gasteiger partial charge in [-0.3, -0.25) is 19.2 Å². The fourth-order valence-electron chi connectivity index (χ4n) is 8.36. The van der Waals surface area contributed by atoms with Gasteiger partial charge in [-0.25, -0.2) is 4.79 Å². The van der Waals surface area contributed by atoms with Gasteiger partial charge >= 0.3 is 5.97 Å². The molecular weight excluding hydrogens is 757 g/mol. The molecule has 0 spiro atoms. The van der Waals surface area contributed by atoms with Crippen LogP contribution in [0, 0.1) is 13.8 Å². The molecular formula is C49H63N4O7+. The van der Waals surface area contributed by atoms with Gasteiger partial charge in [-0.15, -0.1) is 5.06 Å². The zero-order chi connectivity index (χ0) is 43.6. The molecule has 1 N–H and O–H groups in total. The summed E-state index contributed by atoms with van der Waals surface area (Å²) < 4.78 is 7.83. The van der Waals surface area contributed by atoms with Gasteiger partial charge in [-0.2, -0.15) is 4.58 Å². The van der Waals surface area contributed by atoms with Crippen molar-refractivity contribution < 1.29 is 38.1 Å². The molecule has 3 aliphatic heterocycles. The number of rotatable bonds is 20. The first-order chi connectivity index (χ1) is 28.6. The number of ether oxygens (including phenoxy) is 1. The molecule has 1 atom stereocenters. The number of nitrogens with zero attached hydrogens (tertiary/aromatic N) is 3. The SMILES string of the molecule is COCC[N+]1=C(/C=C/C=C/C=C/C=C2\N(CCCCCC(=O)NC(CCCC(=O)ON3C(=O)CCC3=O)C(C)=O)c3ccc(C)cc3C2(C)C)C(C)(C)c2cc(C)ccc21. The van der Waals surface area contributed by atoms with Crippen LogP contribution in [0.2, 0.25) is 0 Å². The van der Waals surface area contributed by atoms with E-state index in [1.807, 2.05) is 0 Å². The Kier molecular flexibility index (Phi) is 15.4. The van der Waals surface area contributed by atoms with E-state index in [1.165, 1.54) is 52.0 Å². The molecule has 0 aliphatic carbocycles. The number of anilines is 1. The molecule has 1 saturated heterocycles. The average Bonchev–Trinajstić information content (AvgIpc) is 3.70. The van der Waals surface area contributed by atoms with Crippen LogP contribution in [0.5, 0.6) is 0 Å². The summed E-state index contributed by atoms with van der Waals surface area (Å²) in [6.07, 6.45) is 18.0. The van der Waals surface area contributed by atoms with Crippen molar-refractivity contribution in [2.45, 2.75) is 123 Å². The molecule has 1 fully saturated rings. The number of hydrogen-bond acceptors (Lipinski definition) is 8. The minimum absolute atomic E-state index is 0.0210. The molecule has 11 heteroatoms. The van der Waals surface area contributed by atoms with E-state index in [-0.39, 0.29) is 61.0 Å². The van der Waals surface area contributed by atoms with Crippen LogP contribution in [0.25, 0.3) is 0 Å². The highest BCUT2D eigenvalue weighted by atomic mass is 16.7. The highest BCUT2D eigenvalue weighted by molar-refractivity contribution is 6.03. The molecule has 3 amide bonds. The molecule has 3 aliphatic rings. The summed E-state index contributed by atoms with van der Waals surface area (Å²) in [7, 11) is 1.74. The van der Waals surface area contributed by atoms with Crippen molar-refractivity contribution in [1.29, 1.82) is 0 Å². The molecule has 0 radical (unpaired) electrons. The third-order valence-electron chi connectivity index (χ3n) is 11.8. The lowest BCUT2D eigenvalue weighted by Crippen LogP contribution is -2.39. The normalized spacial score (nSPS) is 18.1. The number of carbonyl (C=O) groups is 5. The lowest BCUT2D eigenvalue weighted by Gasteiger charge is -2.27. The van der Waals surface area contributed by atoms with Gasteiger partial charge in [-0.1, -0.05) is 80.0 Å². The molecule has 5 rings (SSSR count). The summed E-state index contributed by atoms with van der Waals surface area (Å²) in [5.41, 5.74) is 9.72. The zero-order valence-corrected chi connectivity index (χ0v) is 36.8. The van der Waals surface area contributed by atoms with Crippen molar-refractivity contribution >= 4 is 46.6 Å². The fraction of sp³-hybridized carbons (Fsp3) is 0.469. The summed E-state index contributed by atoms with van der Waals surface area (Å²) in [6.45, 7) is 17.0. The number of aryl methyl sites for hydroxylation is 2. The highest BCUT2D eigenvalue weighted by Crippen LogP contribution is 2.48. The predicted molar refractivity (Wildman–Crippen MR) is 235 cm³/mol. The van der Waals surface area contributed by atoms with Crippen LogP contribution < -0.4 is 10.2 Å². The standard InChI is InChI=1S/C49H62N4O7/c1-34-23-25-40-37(32-34)48(4,5)42(19-13-10-9-11-14-20-43-49(6,7)38-33-35(2)24-26-41(38)52(43)30-31-59-8)51(40)29-16-12-15-21-44(55)50-39(36(3)54)18-17-22-47(58)60-53-45(56)27-28-46(53)57/h9-11,13-14,19-20,23-26,32-33,39H,12,15-18,21-22,27-31H2,1-8H3/p+1. The van der Waals surface area contributed by atoms with Crippen LogP contribution in [0.3, 0.4) is 0 Å². The van der Waals surface area contributed by atoms with E-state index in [0.717, 1.165) is 25.9 Å². The maximum atomic E-state index is 12.8. The molecule has 0 aromatic heterocycles. The van der Waals surface area contributed by atoms with Crippen LogP contribution in [0.4, 0.5) is 11.4 Å². The summed E-state index contributed by atoms with van der Waals surface area (Å²) in [5, 5.41) is 3.33. The van der Waals surface area contributed by atoms with Crippen molar-refractivity contribution in [3.05, 3.63) is 107 Å². The number of allylic oxidation sites excluding steroid dienone is 8. The van der Waals surface area contributed by atoms with Crippen LogP contribution in [0.15, 0.2) is 84.6 Å². The third kappa shape index (κ3) is 10.8. The summed E-state index contributed by atoms with van der Waals surface area (Å²) in [5.74, 6) is -2.22. The summed E-state index contributed by atoms with van der Waals surface area (Å²) in [6, 6.07) is 12.6. The van der Waals surface area contributed by atoms with Crippen molar-refractivity contribution in [3.8, 4) is 0 Å². The van der Waals surface area contributed by atoms with Gasteiger partial charge in [0.25, 0.3) is 11.8 Å². The van der Waals surface area contributed by atoms with Gasteiger partial charge in [0.1, 0.15) is 6.61 Å². The number of benzene rings is 2. The Morgan fingerprint density at radius 3 is 2.20 bits per heavy atom. The Morgan fingerprint density at radius 2 is 1.50 bits per heavy atom. The molecule has 3 heterocycles. The summed E-state index contributed by atoms with van der Waals surface area (Å²) >= 11 is 0. The molecule has 2 aromatic rings. The molecule has 2 aromatic carbocycles. The maximum Gasteiger partial charge on any atom is 0.333 e. The second-order valence-corrected chi connectivity index (χ2v) is 17.1. The number of Topliss-reactive ketones (excluding diaryl/α,β-unsaturated/α-hetero) is 1. The highest BCUT2D eigenvalue weighted by Gasteiger charge is 2.44. The molecule has 0 saturated carbocycles. The van der Waals surface area contributed by atoms with E-state index >= 15 is 0 Å². The molecule has 320 valence electrons. The van der Waals surface area contributed by atoms with Gasteiger partial charge in [0, 0.05) is 73.8 Å². The lowest BCUT2D eigenvalue weighted by molar-refractivity contribution is -0.441. The first-order valence-corrected chi connectivity index (χ1v) is 21.3. The lowest BCUT2D eigenvalue weighted by atomic mass is 9.81. The van der Waals surface area contributed by atoms with Gasteiger partial charge in [0.05, 0.1) is 11.5 Å². The van der Waals surface area contributed by atoms with Crippen molar-refractivity contribution in [1.82, 2.24) is 10.4 Å². The smallest absolute Gasteiger partial charge is 0.333 e. The molecule has 0 bridgehead atoms. The third-order valence-corrected chi connectivity index (χ3v) is 11.8. The number of fused-ring (bicyclic) bond motifs is 2. The Labute approximate surface area is 355 Å². The second-order valence-electron chi connectivity index (χ2n) is 17.1. The maximum absolute atomic E-state index is 12.8. The fourth-order valence-corrected chi connectivity index (χ4v) is 8.36. The number of hydrogen-bond donors (Lipinski definition) is 1. The Balaban J connectivity index is 1.14. The minimum atomic E-state index is -0.726. The quantitative estimate of drug-likeness (QED) is 0.0616. The Hall–Kier alpha value is -5.42. The van der Waals surface area contributed by atoms with E-state index in [0.29, 0.717) is 18.1 Å². The van der Waals surface area contributed by atoms with Crippen LogP contribution in [0.1, 0.15) is 115 Å². The number of methoxy groups -OCH3 is 1. The van der Waals surface area contributed by atoms with E-state index in [1.54, 1.807) is 7.11 Å².